The van der Waals surface area contributed by atoms with E-state index >= 15 is 0 Å². The Kier molecular flexibility index (Phi) is 10.9. The molecule has 0 saturated carbocycles. The molecule has 0 spiro atoms. The molecule has 3 aliphatic rings. The third-order valence-electron chi connectivity index (χ3n) is 14.0. The first-order chi connectivity index (χ1) is 32.4. The molecule has 15 N–H and O–H groups in total. The van der Waals surface area contributed by atoms with Gasteiger partial charge in [-0.3, -0.25) is 0 Å². The molecule has 0 saturated heterocycles. The van der Waals surface area contributed by atoms with Gasteiger partial charge in [0, 0.05) is 81.2 Å². The Labute approximate surface area is 392 Å². The molecule has 6 aromatic rings. The van der Waals surface area contributed by atoms with E-state index in [0.29, 0.717) is 0 Å². The average Bonchev–Trinajstić information content (AvgIpc) is 3.26. The Hall–Kier alpha value is -7.80. The van der Waals surface area contributed by atoms with E-state index in [-0.39, 0.29) is 68.2 Å². The quantitative estimate of drug-likeness (QED) is 0.0780. The summed E-state index contributed by atoms with van der Waals surface area (Å²) in [7, 11) is 0. The molecule has 18 heteroatoms. The van der Waals surface area contributed by atoms with Gasteiger partial charge in [0.2, 0.25) is 0 Å². The summed E-state index contributed by atoms with van der Waals surface area (Å²) in [4.78, 5) is 0. The minimum atomic E-state index is -1.75. The monoisotopic (exact) mass is 950 g/mol. The first-order valence-electron chi connectivity index (χ1n) is 21.8. The SMILES string of the molecule is CC(C)(c1c(O)cc(O)c2c1O[C@H](c1ccc(O)c(O)c1)[C@H](O)[C@H]2C(C)(C)c1c(O)cc(O)c2c1O[C@H](c1ccc(O)c(O)c1)[C@H](O)C2)[C@H]1c2c(O)cc(O)cc2O[C@H](c2ccc(O)c(O)c2)[C@@H]1O. The van der Waals surface area contributed by atoms with Crippen LogP contribution in [0.4, 0.5) is 0 Å². The third-order valence-corrected chi connectivity index (χ3v) is 14.0. The second-order valence-corrected chi connectivity index (χ2v) is 19.0. The summed E-state index contributed by atoms with van der Waals surface area (Å²) >= 11 is 0. The lowest BCUT2D eigenvalue weighted by Gasteiger charge is -2.49. The largest absolute Gasteiger partial charge is 0.508 e. The van der Waals surface area contributed by atoms with Crippen LogP contribution >= 0.6 is 0 Å². The van der Waals surface area contributed by atoms with E-state index in [0.717, 1.165) is 36.4 Å². The van der Waals surface area contributed by atoms with Gasteiger partial charge in [0.15, 0.2) is 46.7 Å². The molecule has 362 valence electrons. The van der Waals surface area contributed by atoms with E-state index in [1.165, 1.54) is 42.5 Å². The maximum Gasteiger partial charge on any atom is 0.157 e. The zero-order valence-corrected chi connectivity index (χ0v) is 37.3. The van der Waals surface area contributed by atoms with Gasteiger partial charge in [-0.1, -0.05) is 45.9 Å². The van der Waals surface area contributed by atoms with E-state index in [9.17, 15) is 76.6 Å². The van der Waals surface area contributed by atoms with Gasteiger partial charge < -0.3 is 90.8 Å². The molecule has 0 bridgehead atoms. The van der Waals surface area contributed by atoms with Gasteiger partial charge in [0.25, 0.3) is 0 Å². The van der Waals surface area contributed by atoms with E-state index in [2.05, 4.69) is 0 Å². The number of aliphatic hydroxyl groups excluding tert-OH is 3. The van der Waals surface area contributed by atoms with Crippen LogP contribution in [-0.4, -0.2) is 94.9 Å². The molecule has 0 amide bonds. The Morgan fingerprint density at radius 3 is 1.33 bits per heavy atom. The second kappa shape index (κ2) is 16.2. The van der Waals surface area contributed by atoms with Crippen LogP contribution in [0.2, 0.25) is 0 Å². The summed E-state index contributed by atoms with van der Waals surface area (Å²) in [5.74, 6) is -9.50. The lowest BCUT2D eigenvalue weighted by molar-refractivity contribution is -0.0273. The van der Waals surface area contributed by atoms with Gasteiger partial charge in [-0.2, -0.15) is 0 Å². The molecule has 69 heavy (non-hydrogen) atoms. The van der Waals surface area contributed by atoms with E-state index < -0.39 is 128 Å². The Bertz CT molecular complexity index is 3050. The standard InChI is InChI=1S/C51H50O18/c1-50(2,39-33(62)17-27(56)23-16-35(64)45(68-48(23)39)19-5-8-24(53)28(57)11-19)42-38-32(61)18-34(63)40(49(38)69-47(44(42)66)21-7-10-26(55)30(59)13-21)51(3,4)41-37-31(60)14-22(52)15-36(37)67-46(43(41)65)20-6-9-25(54)29(58)12-20/h5-15,17-18,35,41-47,52-66H,16H2,1-4H3/t35-,41+,42+,43-,44-,45-,46-,47-/m1/s1. The number of rotatable bonds is 7. The van der Waals surface area contributed by atoms with Crippen molar-refractivity contribution in [2.45, 2.75) is 93.4 Å². The number of hydrogen-bond donors (Lipinski definition) is 15. The molecule has 0 fully saturated rings. The molecular formula is C51H50O18. The summed E-state index contributed by atoms with van der Waals surface area (Å²) in [6.07, 6.45) is -9.14. The zero-order valence-electron chi connectivity index (χ0n) is 37.3. The van der Waals surface area contributed by atoms with Crippen molar-refractivity contribution >= 4 is 0 Å². The summed E-state index contributed by atoms with van der Waals surface area (Å²) in [6, 6.07) is 15.4. The van der Waals surface area contributed by atoms with Crippen molar-refractivity contribution in [3.8, 4) is 86.2 Å². The number of fused-ring (bicyclic) bond motifs is 3. The van der Waals surface area contributed by atoms with Crippen LogP contribution in [0.15, 0.2) is 78.9 Å². The van der Waals surface area contributed by atoms with Gasteiger partial charge in [-0.05, 0) is 53.1 Å². The molecule has 3 heterocycles. The van der Waals surface area contributed by atoms with Gasteiger partial charge in [-0.15, -0.1) is 0 Å². The summed E-state index contributed by atoms with van der Waals surface area (Å²) in [5.41, 5.74) is -3.17. The van der Waals surface area contributed by atoms with Crippen LogP contribution in [-0.2, 0) is 17.3 Å². The number of benzene rings is 6. The van der Waals surface area contributed by atoms with E-state index in [1.54, 1.807) is 27.7 Å². The highest BCUT2D eigenvalue weighted by Gasteiger charge is 2.56. The molecule has 0 unspecified atom stereocenters. The normalized spacial score (nSPS) is 23.1. The average molecular weight is 951 g/mol. The third kappa shape index (κ3) is 7.29. The molecule has 8 atom stereocenters. The van der Waals surface area contributed by atoms with Gasteiger partial charge >= 0.3 is 0 Å². The molecule has 0 radical (unpaired) electrons. The lowest BCUT2D eigenvalue weighted by atomic mass is 9.61. The first-order valence-corrected chi connectivity index (χ1v) is 21.8. The van der Waals surface area contributed by atoms with Crippen LogP contribution in [0.5, 0.6) is 86.2 Å². The number of hydrogen-bond acceptors (Lipinski definition) is 18. The second-order valence-electron chi connectivity index (χ2n) is 19.0. The van der Waals surface area contributed by atoms with Crippen LogP contribution in [0.3, 0.4) is 0 Å². The predicted octanol–water partition coefficient (Wildman–Crippen LogP) is 6.30. The predicted molar refractivity (Wildman–Crippen MR) is 242 cm³/mol. The van der Waals surface area contributed by atoms with Crippen LogP contribution in [0.25, 0.3) is 0 Å². The van der Waals surface area contributed by atoms with Crippen LogP contribution in [0, 0.1) is 0 Å². The summed E-state index contributed by atoms with van der Waals surface area (Å²) in [6.45, 7) is 6.33. The van der Waals surface area contributed by atoms with E-state index in [4.69, 9.17) is 14.2 Å². The molecule has 0 aromatic heterocycles. The smallest absolute Gasteiger partial charge is 0.157 e. The maximum atomic E-state index is 12.8. The van der Waals surface area contributed by atoms with Crippen molar-refractivity contribution in [1.82, 2.24) is 0 Å². The molecule has 9 rings (SSSR count). The maximum absolute atomic E-state index is 12.8. The number of ether oxygens (including phenoxy) is 3. The number of aromatic hydroxyl groups is 12. The fraction of sp³-hybridized carbons (Fsp3) is 0.294. The van der Waals surface area contributed by atoms with Crippen LogP contribution in [0.1, 0.15) is 102 Å². The van der Waals surface area contributed by atoms with Crippen molar-refractivity contribution in [2.24, 2.45) is 0 Å². The molecule has 3 aliphatic heterocycles. The topological polar surface area (TPSA) is 331 Å². The highest BCUT2D eigenvalue weighted by atomic mass is 16.5. The van der Waals surface area contributed by atoms with Gasteiger partial charge in [0.05, 0.1) is 6.10 Å². The number of phenolic OH excluding ortho intramolecular Hbond substituents is 12. The zero-order chi connectivity index (χ0) is 49.9. The van der Waals surface area contributed by atoms with Gasteiger partial charge in [-0.25, -0.2) is 0 Å². The van der Waals surface area contributed by atoms with Crippen molar-refractivity contribution in [3.05, 3.63) is 123 Å². The molecular weight excluding hydrogens is 901 g/mol. The Balaban J connectivity index is 1.28. The lowest BCUT2D eigenvalue weighted by Crippen LogP contribution is -2.46. The highest BCUT2D eigenvalue weighted by molar-refractivity contribution is 5.68. The van der Waals surface area contributed by atoms with E-state index in [1.807, 2.05) is 0 Å². The fourth-order valence-electron chi connectivity index (χ4n) is 10.8. The Morgan fingerprint density at radius 1 is 0.406 bits per heavy atom. The van der Waals surface area contributed by atoms with Crippen LogP contribution < -0.4 is 14.2 Å². The minimum Gasteiger partial charge on any atom is -0.508 e. The van der Waals surface area contributed by atoms with Crippen molar-refractivity contribution in [1.29, 1.82) is 0 Å². The van der Waals surface area contributed by atoms with Gasteiger partial charge in [0.1, 0.15) is 70.1 Å². The summed E-state index contributed by atoms with van der Waals surface area (Å²) < 4.78 is 19.3. The highest BCUT2D eigenvalue weighted by Crippen LogP contribution is 2.64. The first kappa shape index (κ1) is 46.3. The Morgan fingerprint density at radius 2 is 0.826 bits per heavy atom. The summed E-state index contributed by atoms with van der Waals surface area (Å²) in [5, 5.41) is 168. The molecule has 0 aliphatic carbocycles. The van der Waals surface area contributed by atoms with Crippen molar-refractivity contribution in [3.63, 3.8) is 0 Å². The minimum absolute atomic E-state index is 0.0324. The molecule has 6 aromatic carbocycles. The molecule has 18 nitrogen and oxygen atoms in total. The number of phenols is 12. The van der Waals surface area contributed by atoms with Crippen molar-refractivity contribution in [2.75, 3.05) is 0 Å². The van der Waals surface area contributed by atoms with Crippen molar-refractivity contribution < 1.29 is 90.8 Å². The number of aliphatic hydroxyl groups is 3. The fourth-order valence-corrected chi connectivity index (χ4v) is 10.8.